The molecule has 0 spiro atoms. The second-order valence-corrected chi connectivity index (χ2v) is 7.62. The predicted octanol–water partition coefficient (Wildman–Crippen LogP) is 5.92. The van der Waals surface area contributed by atoms with E-state index in [1.807, 2.05) is 4.57 Å². The summed E-state index contributed by atoms with van der Waals surface area (Å²) in [4.78, 5) is 0. The van der Waals surface area contributed by atoms with Crippen molar-refractivity contribution >= 4 is 12.2 Å². The maximum absolute atomic E-state index is 5.63. The Morgan fingerprint density at radius 3 is 1.80 bits per heavy atom. The second-order valence-electron chi connectivity index (χ2n) is 7.23. The van der Waals surface area contributed by atoms with Crippen LogP contribution >= 0.6 is 12.2 Å². The van der Waals surface area contributed by atoms with Gasteiger partial charge in [-0.05, 0) is 18.6 Å². The number of nitrogens with zero attached hydrogens (tertiary/aromatic N) is 2. The molecule has 5 heteroatoms. The number of H-pyrrole nitrogens is 1. The molecular formula is C20H40N4S. The van der Waals surface area contributed by atoms with Crippen LogP contribution in [0.3, 0.4) is 0 Å². The highest BCUT2D eigenvalue weighted by Gasteiger charge is 2.04. The Hall–Kier alpha value is -0.680. The van der Waals surface area contributed by atoms with Crippen LogP contribution in [0.25, 0.3) is 0 Å². The first-order valence-corrected chi connectivity index (χ1v) is 11.0. The molecule has 1 aromatic rings. The van der Waals surface area contributed by atoms with Gasteiger partial charge in [0, 0.05) is 19.5 Å². The molecule has 0 saturated carbocycles. The Morgan fingerprint density at radius 1 is 0.840 bits per heavy atom. The molecule has 0 saturated heterocycles. The molecule has 1 heterocycles. The Morgan fingerprint density at radius 2 is 1.32 bits per heavy atom. The predicted molar refractivity (Wildman–Crippen MR) is 110 cm³/mol. The van der Waals surface area contributed by atoms with Crippen LogP contribution in [0.5, 0.6) is 0 Å². The van der Waals surface area contributed by atoms with Gasteiger partial charge in [-0.3, -0.25) is 5.10 Å². The summed E-state index contributed by atoms with van der Waals surface area (Å²) in [6.07, 6.45) is 20.5. The van der Waals surface area contributed by atoms with E-state index in [1.54, 1.807) is 0 Å². The number of hydrogen-bond donors (Lipinski definition) is 2. The molecule has 0 unspecified atom stereocenters. The maximum Gasteiger partial charge on any atom is 0.195 e. The highest BCUT2D eigenvalue weighted by Crippen LogP contribution is 2.13. The third-order valence-electron chi connectivity index (χ3n) is 4.94. The highest BCUT2D eigenvalue weighted by molar-refractivity contribution is 7.71. The van der Waals surface area contributed by atoms with E-state index in [1.165, 1.54) is 89.9 Å². The summed E-state index contributed by atoms with van der Waals surface area (Å²) in [7, 11) is 0. The largest absolute Gasteiger partial charge is 0.329 e. The van der Waals surface area contributed by atoms with Gasteiger partial charge in [0.1, 0.15) is 5.82 Å². The molecule has 0 aliphatic heterocycles. The lowest BCUT2D eigenvalue weighted by molar-refractivity contribution is 0.532. The van der Waals surface area contributed by atoms with Crippen molar-refractivity contribution in [3.63, 3.8) is 0 Å². The van der Waals surface area contributed by atoms with Crippen LogP contribution in [-0.2, 0) is 13.0 Å². The van der Waals surface area contributed by atoms with E-state index in [0.29, 0.717) is 11.3 Å². The number of nitrogens with two attached hydrogens (primary N) is 1. The van der Waals surface area contributed by atoms with Crippen LogP contribution in [0.4, 0.5) is 0 Å². The van der Waals surface area contributed by atoms with Gasteiger partial charge >= 0.3 is 0 Å². The van der Waals surface area contributed by atoms with Gasteiger partial charge in [-0.15, -0.1) is 0 Å². The summed E-state index contributed by atoms with van der Waals surface area (Å²) < 4.78 is 2.74. The number of aromatic amines is 1. The number of unbranched alkanes of at least 4 members (excludes halogenated alkanes) is 13. The number of rotatable bonds is 17. The Labute approximate surface area is 160 Å². The normalized spacial score (nSPS) is 11.3. The van der Waals surface area contributed by atoms with Crippen molar-refractivity contribution in [3.8, 4) is 0 Å². The van der Waals surface area contributed by atoms with E-state index in [2.05, 4.69) is 17.1 Å². The van der Waals surface area contributed by atoms with Crippen molar-refractivity contribution in [2.24, 2.45) is 5.73 Å². The first-order chi connectivity index (χ1) is 12.3. The number of aromatic nitrogens is 3. The zero-order valence-corrected chi connectivity index (χ0v) is 17.2. The molecule has 0 aliphatic carbocycles. The van der Waals surface area contributed by atoms with Crippen molar-refractivity contribution in [2.75, 3.05) is 6.54 Å². The zero-order chi connectivity index (χ0) is 18.2. The van der Waals surface area contributed by atoms with E-state index >= 15 is 0 Å². The summed E-state index contributed by atoms with van der Waals surface area (Å²) in [6.45, 7) is 3.66. The van der Waals surface area contributed by atoms with E-state index in [9.17, 15) is 0 Å². The lowest BCUT2D eigenvalue weighted by Crippen LogP contribution is -2.12. The molecule has 0 amide bonds. The fourth-order valence-corrected chi connectivity index (χ4v) is 3.62. The smallest absolute Gasteiger partial charge is 0.195 e. The average molecular weight is 369 g/mol. The molecule has 146 valence electrons. The quantitative estimate of drug-likeness (QED) is 0.265. The summed E-state index contributed by atoms with van der Waals surface area (Å²) in [5.74, 6) is 1.06. The summed E-state index contributed by atoms with van der Waals surface area (Å²) in [5, 5.41) is 7.21. The number of nitrogens with one attached hydrogen (secondary N) is 1. The van der Waals surface area contributed by atoms with E-state index in [-0.39, 0.29) is 0 Å². The van der Waals surface area contributed by atoms with Crippen LogP contribution in [-0.4, -0.2) is 21.3 Å². The van der Waals surface area contributed by atoms with Gasteiger partial charge in [-0.1, -0.05) is 90.4 Å². The van der Waals surface area contributed by atoms with Gasteiger partial charge in [0.05, 0.1) is 0 Å². The van der Waals surface area contributed by atoms with Crippen LogP contribution in [0.1, 0.15) is 103 Å². The molecule has 0 aliphatic rings. The Balaban J connectivity index is 1.89. The fraction of sp³-hybridized carbons (Fsp3) is 0.900. The van der Waals surface area contributed by atoms with Gasteiger partial charge < -0.3 is 10.3 Å². The van der Waals surface area contributed by atoms with E-state index in [4.69, 9.17) is 18.0 Å². The molecule has 0 bridgehead atoms. The second kappa shape index (κ2) is 15.6. The Bertz CT molecular complexity index is 467. The minimum Gasteiger partial charge on any atom is -0.329 e. The van der Waals surface area contributed by atoms with Crippen molar-refractivity contribution in [3.05, 3.63) is 10.6 Å². The van der Waals surface area contributed by atoms with Crippen molar-refractivity contribution < 1.29 is 0 Å². The van der Waals surface area contributed by atoms with Crippen LogP contribution in [0.15, 0.2) is 0 Å². The SMILES string of the molecule is CCCCCCCCCCCCCCCCc1n[nH]c(=S)n1CCN. The molecule has 4 nitrogen and oxygen atoms in total. The van der Waals surface area contributed by atoms with Gasteiger partial charge in [0.15, 0.2) is 4.77 Å². The third-order valence-corrected chi connectivity index (χ3v) is 5.26. The molecular weight excluding hydrogens is 328 g/mol. The summed E-state index contributed by atoms with van der Waals surface area (Å²) in [5.41, 5.74) is 5.63. The van der Waals surface area contributed by atoms with Gasteiger partial charge in [0.25, 0.3) is 0 Å². The topological polar surface area (TPSA) is 59.6 Å². The molecule has 0 aromatic carbocycles. The first-order valence-electron chi connectivity index (χ1n) is 10.6. The first kappa shape index (κ1) is 22.4. The van der Waals surface area contributed by atoms with Crippen LogP contribution < -0.4 is 5.73 Å². The average Bonchev–Trinajstić information content (AvgIpc) is 2.96. The zero-order valence-electron chi connectivity index (χ0n) is 16.4. The van der Waals surface area contributed by atoms with Gasteiger partial charge in [0.2, 0.25) is 0 Å². The number of hydrogen-bond acceptors (Lipinski definition) is 3. The minimum absolute atomic E-state index is 0.611. The van der Waals surface area contributed by atoms with Gasteiger partial charge in [-0.25, -0.2) is 0 Å². The minimum atomic E-state index is 0.611. The standard InChI is InChI=1S/C20H40N4S/c1-2-3-4-5-6-7-8-9-10-11-12-13-14-15-16-19-22-23-20(25)24(19)18-17-21/h2-18,21H2,1H3,(H,23,25). The van der Waals surface area contributed by atoms with Crippen molar-refractivity contribution in [1.29, 1.82) is 0 Å². The molecule has 1 aromatic heterocycles. The molecule has 0 fully saturated rings. The van der Waals surface area contributed by atoms with E-state index in [0.717, 1.165) is 18.8 Å². The molecule has 0 radical (unpaired) electrons. The monoisotopic (exact) mass is 368 g/mol. The third kappa shape index (κ3) is 10.8. The van der Waals surface area contributed by atoms with Crippen LogP contribution in [0.2, 0.25) is 0 Å². The number of aryl methyl sites for hydroxylation is 1. The summed E-state index contributed by atoms with van der Waals surface area (Å²) in [6, 6.07) is 0. The summed E-state index contributed by atoms with van der Waals surface area (Å²) >= 11 is 5.23. The Kier molecular flexibility index (Phi) is 13.9. The van der Waals surface area contributed by atoms with E-state index < -0.39 is 0 Å². The lowest BCUT2D eigenvalue weighted by atomic mass is 10.0. The van der Waals surface area contributed by atoms with Gasteiger partial charge in [-0.2, -0.15) is 5.10 Å². The highest BCUT2D eigenvalue weighted by atomic mass is 32.1. The van der Waals surface area contributed by atoms with Crippen molar-refractivity contribution in [2.45, 2.75) is 110 Å². The lowest BCUT2D eigenvalue weighted by Gasteiger charge is -2.05. The molecule has 3 N–H and O–H groups in total. The van der Waals surface area contributed by atoms with Crippen LogP contribution in [0, 0.1) is 4.77 Å². The molecule has 1 rings (SSSR count). The molecule has 0 atom stereocenters. The fourth-order valence-electron chi connectivity index (χ4n) is 3.38. The maximum atomic E-state index is 5.63. The molecule has 25 heavy (non-hydrogen) atoms. The van der Waals surface area contributed by atoms with Crippen molar-refractivity contribution in [1.82, 2.24) is 14.8 Å².